The van der Waals surface area contributed by atoms with Gasteiger partial charge >= 0.3 is 5.97 Å². The van der Waals surface area contributed by atoms with E-state index in [9.17, 15) is 13.2 Å². The molecule has 0 aliphatic carbocycles. The lowest BCUT2D eigenvalue weighted by Gasteiger charge is -2.17. The first-order chi connectivity index (χ1) is 13.3. The van der Waals surface area contributed by atoms with Gasteiger partial charge in [-0.05, 0) is 55.4 Å². The van der Waals surface area contributed by atoms with E-state index in [1.807, 2.05) is 19.2 Å². The van der Waals surface area contributed by atoms with Gasteiger partial charge in [0.15, 0.2) is 0 Å². The van der Waals surface area contributed by atoms with Crippen LogP contribution in [-0.4, -0.2) is 59.4 Å². The topological polar surface area (TPSA) is 84.9 Å². The van der Waals surface area contributed by atoms with Gasteiger partial charge in [0, 0.05) is 18.8 Å². The molecule has 2 aromatic rings. The van der Waals surface area contributed by atoms with Crippen molar-refractivity contribution in [1.29, 1.82) is 0 Å². The molecule has 0 amide bonds. The average molecular weight is 407 g/mol. The smallest absolute Gasteiger partial charge is 0.337 e. The summed E-state index contributed by atoms with van der Waals surface area (Å²) in [6.45, 7) is 2.14. The van der Waals surface area contributed by atoms with E-state index in [0.29, 0.717) is 23.6 Å². The molecule has 152 valence electrons. The standard InChI is InChI=1S/C20H26N2O5S/c1-22(13-12-16-4-8-18(9-5-16)21-28(3,24)25)14-15-27-19-10-6-17(7-11-19)20(23)26-2/h4-11,21H,12-15H2,1-3H3. The Balaban J connectivity index is 1.71. The summed E-state index contributed by atoms with van der Waals surface area (Å²) in [6.07, 6.45) is 1.98. The normalized spacial score (nSPS) is 11.3. The molecule has 28 heavy (non-hydrogen) atoms. The van der Waals surface area contributed by atoms with Crippen molar-refractivity contribution in [2.75, 3.05) is 44.8 Å². The van der Waals surface area contributed by atoms with Crippen LogP contribution in [0, 0.1) is 0 Å². The molecular formula is C20H26N2O5S. The van der Waals surface area contributed by atoms with Crippen molar-refractivity contribution in [3.05, 3.63) is 59.7 Å². The molecular weight excluding hydrogens is 380 g/mol. The molecule has 0 unspecified atom stereocenters. The fourth-order valence-corrected chi connectivity index (χ4v) is 3.07. The van der Waals surface area contributed by atoms with E-state index in [2.05, 4.69) is 14.4 Å². The Morgan fingerprint density at radius 3 is 2.25 bits per heavy atom. The maximum absolute atomic E-state index is 11.4. The fraction of sp³-hybridized carbons (Fsp3) is 0.350. The number of carbonyl (C=O) groups is 1. The van der Waals surface area contributed by atoms with E-state index in [1.165, 1.54) is 7.11 Å². The summed E-state index contributed by atoms with van der Waals surface area (Å²) >= 11 is 0. The molecule has 0 saturated carbocycles. The SMILES string of the molecule is COC(=O)c1ccc(OCCN(C)CCc2ccc(NS(C)(=O)=O)cc2)cc1. The largest absolute Gasteiger partial charge is 0.492 e. The van der Waals surface area contributed by atoms with E-state index in [0.717, 1.165) is 31.3 Å². The van der Waals surface area contributed by atoms with Gasteiger partial charge in [-0.25, -0.2) is 13.2 Å². The van der Waals surface area contributed by atoms with E-state index < -0.39 is 10.0 Å². The first-order valence-electron chi connectivity index (χ1n) is 8.83. The van der Waals surface area contributed by atoms with Gasteiger partial charge in [-0.15, -0.1) is 0 Å². The van der Waals surface area contributed by atoms with E-state index in [4.69, 9.17) is 4.74 Å². The highest BCUT2D eigenvalue weighted by atomic mass is 32.2. The third kappa shape index (κ3) is 7.58. The predicted octanol–water partition coefficient (Wildman–Crippen LogP) is 2.40. The summed E-state index contributed by atoms with van der Waals surface area (Å²) in [7, 11) is 0.116. The molecule has 8 heteroatoms. The first-order valence-corrected chi connectivity index (χ1v) is 10.7. The minimum atomic E-state index is -3.25. The van der Waals surface area contributed by atoms with Crippen molar-refractivity contribution in [2.45, 2.75) is 6.42 Å². The molecule has 0 spiro atoms. The Labute approximate surface area is 166 Å². The molecule has 0 radical (unpaired) electrons. The molecule has 7 nitrogen and oxygen atoms in total. The Kier molecular flexibility index (Phi) is 7.83. The molecule has 1 N–H and O–H groups in total. The molecule has 0 aromatic heterocycles. The van der Waals surface area contributed by atoms with Gasteiger partial charge in [0.1, 0.15) is 12.4 Å². The number of ether oxygens (including phenoxy) is 2. The Hall–Kier alpha value is -2.58. The number of esters is 1. The Morgan fingerprint density at radius 2 is 1.68 bits per heavy atom. The van der Waals surface area contributed by atoms with Gasteiger partial charge in [-0.2, -0.15) is 0 Å². The third-order valence-electron chi connectivity index (χ3n) is 4.06. The highest BCUT2D eigenvalue weighted by Gasteiger charge is 2.06. The second-order valence-electron chi connectivity index (χ2n) is 6.49. The third-order valence-corrected chi connectivity index (χ3v) is 4.66. The van der Waals surface area contributed by atoms with Crippen LogP contribution in [0.25, 0.3) is 0 Å². The van der Waals surface area contributed by atoms with Crippen molar-refractivity contribution in [2.24, 2.45) is 0 Å². The number of methoxy groups -OCH3 is 1. The van der Waals surface area contributed by atoms with Crippen LogP contribution in [0.2, 0.25) is 0 Å². The fourth-order valence-electron chi connectivity index (χ4n) is 2.51. The molecule has 0 bridgehead atoms. The summed E-state index contributed by atoms with van der Waals surface area (Å²) in [6, 6.07) is 14.2. The van der Waals surface area contributed by atoms with Crippen LogP contribution in [0.1, 0.15) is 15.9 Å². The zero-order valence-electron chi connectivity index (χ0n) is 16.3. The molecule has 0 fully saturated rings. The van der Waals surface area contributed by atoms with Crippen molar-refractivity contribution in [3.63, 3.8) is 0 Å². The molecule has 0 aliphatic rings. The van der Waals surface area contributed by atoms with Crippen LogP contribution >= 0.6 is 0 Å². The number of nitrogens with zero attached hydrogens (tertiary/aromatic N) is 1. The Morgan fingerprint density at radius 1 is 1.04 bits per heavy atom. The highest BCUT2D eigenvalue weighted by Crippen LogP contribution is 2.13. The number of rotatable bonds is 10. The number of benzene rings is 2. The maximum Gasteiger partial charge on any atom is 0.337 e. The second kappa shape index (κ2) is 10.1. The lowest BCUT2D eigenvalue weighted by Crippen LogP contribution is -2.26. The maximum atomic E-state index is 11.4. The zero-order valence-corrected chi connectivity index (χ0v) is 17.2. The molecule has 2 rings (SSSR count). The van der Waals surface area contributed by atoms with Gasteiger partial charge in [0.2, 0.25) is 10.0 Å². The van der Waals surface area contributed by atoms with Crippen LogP contribution in [0.15, 0.2) is 48.5 Å². The van der Waals surface area contributed by atoms with Crippen LogP contribution in [0.4, 0.5) is 5.69 Å². The van der Waals surface area contributed by atoms with E-state index >= 15 is 0 Å². The monoisotopic (exact) mass is 406 g/mol. The average Bonchev–Trinajstić information content (AvgIpc) is 2.66. The van der Waals surface area contributed by atoms with Crippen molar-refractivity contribution in [3.8, 4) is 5.75 Å². The summed E-state index contributed by atoms with van der Waals surface area (Å²) in [5, 5.41) is 0. The number of sulfonamides is 1. The lowest BCUT2D eigenvalue weighted by molar-refractivity contribution is 0.0600. The summed E-state index contributed by atoms with van der Waals surface area (Å²) in [5.41, 5.74) is 2.18. The predicted molar refractivity (Wildman–Crippen MR) is 109 cm³/mol. The zero-order chi connectivity index (χ0) is 20.6. The first kappa shape index (κ1) is 21.7. The molecule has 0 atom stereocenters. The van der Waals surface area contributed by atoms with Gasteiger partial charge in [-0.3, -0.25) is 4.72 Å². The number of likely N-dealkylation sites (N-methyl/N-ethyl adjacent to an activating group) is 1. The summed E-state index contributed by atoms with van der Waals surface area (Å²) in [4.78, 5) is 13.6. The molecule has 0 heterocycles. The number of hydrogen-bond acceptors (Lipinski definition) is 6. The van der Waals surface area contributed by atoms with Crippen LogP contribution in [0.3, 0.4) is 0 Å². The van der Waals surface area contributed by atoms with Crippen molar-refractivity contribution >= 4 is 21.7 Å². The van der Waals surface area contributed by atoms with Gasteiger partial charge in [0.05, 0.1) is 18.9 Å². The van der Waals surface area contributed by atoms with Gasteiger partial charge in [0.25, 0.3) is 0 Å². The lowest BCUT2D eigenvalue weighted by atomic mass is 10.1. The number of carbonyl (C=O) groups excluding carboxylic acids is 1. The molecule has 2 aromatic carbocycles. The molecule has 0 saturated heterocycles. The number of anilines is 1. The van der Waals surface area contributed by atoms with Crippen LogP contribution < -0.4 is 9.46 Å². The number of nitrogens with one attached hydrogen (secondary N) is 1. The summed E-state index contributed by atoms with van der Waals surface area (Å²) < 4.78 is 35.2. The molecule has 0 aliphatic heterocycles. The quantitative estimate of drug-likeness (QED) is 0.610. The van der Waals surface area contributed by atoms with Crippen molar-refractivity contribution < 1.29 is 22.7 Å². The number of hydrogen-bond donors (Lipinski definition) is 1. The Bertz CT molecular complexity index is 864. The van der Waals surface area contributed by atoms with Crippen LogP contribution in [-0.2, 0) is 21.2 Å². The minimum absolute atomic E-state index is 0.369. The van der Waals surface area contributed by atoms with E-state index in [1.54, 1.807) is 36.4 Å². The van der Waals surface area contributed by atoms with Gasteiger partial charge in [-0.1, -0.05) is 12.1 Å². The second-order valence-corrected chi connectivity index (χ2v) is 8.24. The highest BCUT2D eigenvalue weighted by molar-refractivity contribution is 7.92. The van der Waals surface area contributed by atoms with Crippen LogP contribution in [0.5, 0.6) is 5.75 Å². The summed E-state index contributed by atoms with van der Waals surface area (Å²) in [5.74, 6) is 0.335. The van der Waals surface area contributed by atoms with Gasteiger partial charge < -0.3 is 14.4 Å². The van der Waals surface area contributed by atoms with E-state index in [-0.39, 0.29) is 5.97 Å². The minimum Gasteiger partial charge on any atom is -0.492 e. The van der Waals surface area contributed by atoms with Crippen molar-refractivity contribution in [1.82, 2.24) is 4.90 Å².